The molecule has 0 unspecified atom stereocenters. The quantitative estimate of drug-likeness (QED) is 0.160. The average molecular weight is 575 g/mol. The monoisotopic (exact) mass is 574 g/mol. The Morgan fingerprint density at radius 2 is 1.66 bits per heavy atom. The number of aryl methyl sites for hydroxylation is 1. The lowest BCUT2D eigenvalue weighted by molar-refractivity contribution is -0.129. The van der Waals surface area contributed by atoms with Crippen molar-refractivity contribution in [1.82, 2.24) is 21.0 Å². The van der Waals surface area contributed by atoms with Crippen LogP contribution < -0.4 is 16.1 Å². The Morgan fingerprint density at radius 1 is 1.00 bits per heavy atom. The van der Waals surface area contributed by atoms with Crippen LogP contribution in [0.25, 0.3) is 0 Å². The Hall–Kier alpha value is -3.34. The van der Waals surface area contributed by atoms with Gasteiger partial charge in [0.2, 0.25) is 5.91 Å². The molecule has 0 aliphatic carbocycles. The van der Waals surface area contributed by atoms with E-state index in [4.69, 9.17) is 4.84 Å². The van der Waals surface area contributed by atoms with Gasteiger partial charge in [-0.3, -0.25) is 19.9 Å². The van der Waals surface area contributed by atoms with Crippen LogP contribution in [-0.2, 0) is 33.8 Å². The van der Waals surface area contributed by atoms with E-state index in [0.717, 1.165) is 30.9 Å². The van der Waals surface area contributed by atoms with Crippen LogP contribution in [0, 0.1) is 11.6 Å². The first-order valence-electron chi connectivity index (χ1n) is 14.2. The lowest BCUT2D eigenvalue weighted by Gasteiger charge is -2.25. The van der Waals surface area contributed by atoms with Crippen molar-refractivity contribution in [3.8, 4) is 0 Å². The fourth-order valence-electron chi connectivity index (χ4n) is 4.50. The molecule has 2 aromatic carbocycles. The third-order valence-corrected chi connectivity index (χ3v) is 6.48. The summed E-state index contributed by atoms with van der Waals surface area (Å²) in [5.41, 5.74) is 5.24. The largest absolute Gasteiger partial charge is 0.390 e. The minimum Gasteiger partial charge on any atom is -0.390 e. The van der Waals surface area contributed by atoms with Crippen molar-refractivity contribution in [3.63, 3.8) is 0 Å². The summed E-state index contributed by atoms with van der Waals surface area (Å²) in [7, 11) is 1.38. The summed E-state index contributed by atoms with van der Waals surface area (Å²) >= 11 is 0. The molecule has 2 atom stereocenters. The number of aliphatic hydroxyl groups excluding tert-OH is 1. The number of nitrogens with zero attached hydrogens (tertiary/aromatic N) is 1. The van der Waals surface area contributed by atoms with Gasteiger partial charge < -0.3 is 20.6 Å². The fourth-order valence-corrected chi connectivity index (χ4v) is 4.50. The van der Waals surface area contributed by atoms with Crippen molar-refractivity contribution in [2.24, 2.45) is 0 Å². The highest BCUT2D eigenvalue weighted by molar-refractivity contribution is 5.93. The summed E-state index contributed by atoms with van der Waals surface area (Å²) in [5, 5.41) is 17.0. The lowest BCUT2D eigenvalue weighted by Crippen LogP contribution is -2.48. The van der Waals surface area contributed by atoms with Gasteiger partial charge in [0.15, 0.2) is 0 Å². The van der Waals surface area contributed by atoms with Crippen LogP contribution >= 0.6 is 0 Å². The molecule has 4 N–H and O–H groups in total. The van der Waals surface area contributed by atoms with Crippen molar-refractivity contribution < 1.29 is 28.3 Å². The van der Waals surface area contributed by atoms with E-state index in [1.165, 1.54) is 30.9 Å². The maximum atomic E-state index is 13.9. The number of aliphatic hydroxyl groups is 1. The van der Waals surface area contributed by atoms with Gasteiger partial charge >= 0.3 is 0 Å². The number of rotatable bonds is 18. The molecule has 0 saturated carbocycles. The van der Waals surface area contributed by atoms with Crippen LogP contribution in [0.2, 0.25) is 0 Å². The highest BCUT2D eigenvalue weighted by atomic mass is 19.1. The van der Waals surface area contributed by atoms with Gasteiger partial charge in [-0.05, 0) is 60.6 Å². The van der Waals surface area contributed by atoms with E-state index in [1.807, 2.05) is 32.0 Å². The Morgan fingerprint density at radius 3 is 2.27 bits per heavy atom. The topological polar surface area (TPSA) is 103 Å². The smallest absolute Gasteiger partial charge is 0.271 e. The fraction of sp³-hybridized carbons (Fsp3) is 0.484. The number of carbonyl (C=O) groups excluding carboxylic acids is 2. The molecular weight excluding hydrogens is 530 g/mol. The highest BCUT2D eigenvalue weighted by Gasteiger charge is 2.23. The predicted octanol–water partition coefficient (Wildman–Crippen LogP) is 3.78. The standard InChI is InChI=1S/C31H44F2N4O4/c1-5-13-37(14-6-2)31(40)27(36-41-4)11-12-30(39)35-28(18-24-16-25(32)19-26(33)17-24)29(38)21-34-20-23-10-8-9-22(7-3)15-23/h8-11,15-17,19,28-29,34,36,38H,5-7,12-14,18,20-21H2,1-4H3,(H,35,39)/t28-,29+/m0/s1. The van der Waals surface area contributed by atoms with Gasteiger partial charge in [0.05, 0.1) is 19.3 Å². The molecule has 2 aromatic rings. The zero-order valence-corrected chi connectivity index (χ0v) is 24.5. The molecule has 41 heavy (non-hydrogen) atoms. The second kappa shape index (κ2) is 18.2. The van der Waals surface area contributed by atoms with E-state index in [1.54, 1.807) is 4.90 Å². The third kappa shape index (κ3) is 12.0. The van der Waals surface area contributed by atoms with Gasteiger partial charge in [-0.1, -0.05) is 45.0 Å². The molecule has 0 aromatic heterocycles. The Labute approximate surface area is 242 Å². The van der Waals surface area contributed by atoms with E-state index in [2.05, 4.69) is 29.1 Å². The molecule has 2 rings (SSSR count). The molecule has 0 aliphatic heterocycles. The minimum absolute atomic E-state index is 0.00118. The molecule has 0 heterocycles. The summed E-state index contributed by atoms with van der Waals surface area (Å²) in [6.45, 7) is 7.79. The van der Waals surface area contributed by atoms with Crippen LogP contribution in [-0.4, -0.2) is 60.7 Å². The number of hydroxylamine groups is 1. The highest BCUT2D eigenvalue weighted by Crippen LogP contribution is 2.13. The lowest BCUT2D eigenvalue weighted by atomic mass is 10.00. The summed E-state index contributed by atoms with van der Waals surface area (Å²) in [6.07, 6.45) is 2.67. The first-order chi connectivity index (χ1) is 19.7. The van der Waals surface area contributed by atoms with Gasteiger partial charge in [-0.2, -0.15) is 0 Å². The maximum absolute atomic E-state index is 13.9. The first-order valence-corrected chi connectivity index (χ1v) is 14.2. The number of hydrogen-bond donors (Lipinski definition) is 4. The summed E-state index contributed by atoms with van der Waals surface area (Å²) < 4.78 is 27.7. The maximum Gasteiger partial charge on any atom is 0.271 e. The second-order valence-electron chi connectivity index (χ2n) is 9.95. The number of hydrogen-bond acceptors (Lipinski definition) is 6. The number of amides is 2. The summed E-state index contributed by atoms with van der Waals surface area (Å²) in [6, 6.07) is 10.3. The molecule has 10 heteroatoms. The molecule has 0 bridgehead atoms. The average Bonchev–Trinajstić information content (AvgIpc) is 2.94. The van der Waals surface area contributed by atoms with Crippen LogP contribution in [0.4, 0.5) is 8.78 Å². The molecule has 226 valence electrons. The van der Waals surface area contributed by atoms with E-state index in [-0.39, 0.29) is 31.0 Å². The van der Waals surface area contributed by atoms with E-state index < -0.39 is 29.7 Å². The van der Waals surface area contributed by atoms with E-state index in [0.29, 0.717) is 25.2 Å². The molecule has 2 amide bonds. The van der Waals surface area contributed by atoms with Gasteiger partial charge in [-0.25, -0.2) is 8.78 Å². The van der Waals surface area contributed by atoms with E-state index in [9.17, 15) is 23.5 Å². The SMILES string of the molecule is CCCN(CCC)C(=O)C(=CCC(=O)N[C@@H](Cc1cc(F)cc(F)c1)[C@H](O)CNCc1cccc(CC)c1)NOC. The van der Waals surface area contributed by atoms with Crippen LogP contribution in [0.15, 0.2) is 54.2 Å². The van der Waals surface area contributed by atoms with Crippen molar-refractivity contribution in [1.29, 1.82) is 0 Å². The van der Waals surface area contributed by atoms with E-state index >= 15 is 0 Å². The van der Waals surface area contributed by atoms with Crippen LogP contribution in [0.5, 0.6) is 0 Å². The zero-order valence-electron chi connectivity index (χ0n) is 24.5. The van der Waals surface area contributed by atoms with Crippen molar-refractivity contribution in [2.75, 3.05) is 26.7 Å². The molecule has 0 radical (unpaired) electrons. The Bertz CT molecular complexity index is 1120. The van der Waals surface area contributed by atoms with Crippen molar-refractivity contribution in [3.05, 3.63) is 82.6 Å². The van der Waals surface area contributed by atoms with Crippen molar-refractivity contribution in [2.45, 2.75) is 71.6 Å². The zero-order chi connectivity index (χ0) is 30.2. The number of benzene rings is 2. The normalized spacial score (nSPS) is 13.0. The van der Waals surface area contributed by atoms with Gasteiger partial charge in [0, 0.05) is 38.7 Å². The minimum atomic E-state index is -1.06. The Balaban J connectivity index is 2.14. The molecule has 0 aliphatic rings. The summed E-state index contributed by atoms with van der Waals surface area (Å²) in [4.78, 5) is 32.6. The van der Waals surface area contributed by atoms with Gasteiger partial charge in [0.1, 0.15) is 17.3 Å². The number of nitrogens with one attached hydrogen (secondary N) is 3. The van der Waals surface area contributed by atoms with Crippen molar-refractivity contribution >= 4 is 11.8 Å². The third-order valence-electron chi connectivity index (χ3n) is 6.48. The molecule has 0 spiro atoms. The van der Waals surface area contributed by atoms with Gasteiger partial charge in [-0.15, -0.1) is 0 Å². The number of carbonyl (C=O) groups is 2. The van der Waals surface area contributed by atoms with Crippen LogP contribution in [0.1, 0.15) is 56.7 Å². The second-order valence-corrected chi connectivity index (χ2v) is 9.95. The molecule has 0 saturated heterocycles. The number of halogens is 2. The Kier molecular flexibility index (Phi) is 15.0. The molecular formula is C31H44F2N4O4. The van der Waals surface area contributed by atoms with Crippen LogP contribution in [0.3, 0.4) is 0 Å². The molecule has 0 fully saturated rings. The first kappa shape index (κ1) is 33.9. The molecule has 8 nitrogen and oxygen atoms in total. The predicted molar refractivity (Wildman–Crippen MR) is 156 cm³/mol. The summed E-state index contributed by atoms with van der Waals surface area (Å²) in [5.74, 6) is -2.24. The van der Waals surface area contributed by atoms with Gasteiger partial charge in [0.25, 0.3) is 5.91 Å².